The second-order valence-corrected chi connectivity index (χ2v) is 7.06. The van der Waals surface area contributed by atoms with Crippen LogP contribution < -0.4 is 10.1 Å². The quantitative estimate of drug-likeness (QED) is 0.479. The van der Waals surface area contributed by atoms with Gasteiger partial charge in [0.25, 0.3) is 5.91 Å². The Hall–Kier alpha value is -4.24. The van der Waals surface area contributed by atoms with Crippen molar-refractivity contribution in [3.8, 4) is 17.7 Å². The number of rotatable bonds is 6. The number of carbonyl (C=O) groups excluding carboxylic acids is 1. The van der Waals surface area contributed by atoms with Crippen molar-refractivity contribution in [3.63, 3.8) is 0 Å². The van der Waals surface area contributed by atoms with Crippen LogP contribution in [0, 0.1) is 18.3 Å². The van der Waals surface area contributed by atoms with Crippen molar-refractivity contribution in [2.45, 2.75) is 13.3 Å². The van der Waals surface area contributed by atoms with Crippen LogP contribution in [0.4, 0.5) is 5.69 Å². The molecular weight excluding hydrogens is 390 g/mol. The van der Waals surface area contributed by atoms with E-state index in [4.69, 9.17) is 9.15 Å². The number of hydrogen-bond acceptors (Lipinski definition) is 4. The van der Waals surface area contributed by atoms with Gasteiger partial charge in [0.15, 0.2) is 0 Å². The third kappa shape index (κ3) is 4.07. The summed E-state index contributed by atoms with van der Waals surface area (Å²) in [7, 11) is 1.62. The molecule has 6 nitrogen and oxygen atoms in total. The Morgan fingerprint density at radius 1 is 1.13 bits per heavy atom. The van der Waals surface area contributed by atoms with Gasteiger partial charge in [-0.15, -0.1) is 0 Å². The van der Waals surface area contributed by atoms with Gasteiger partial charge >= 0.3 is 0 Å². The molecule has 0 saturated carbocycles. The SMILES string of the molecule is COc1ccc(NC(=O)c2c(C)oc(-n3cccc3)c2C#N)cc1Cc1ccccc1. The van der Waals surface area contributed by atoms with Crippen LogP contribution in [0.3, 0.4) is 0 Å². The maximum absolute atomic E-state index is 13.1. The molecule has 0 aliphatic carbocycles. The molecule has 0 fully saturated rings. The van der Waals surface area contributed by atoms with Gasteiger partial charge in [0, 0.05) is 30.1 Å². The van der Waals surface area contributed by atoms with Crippen molar-refractivity contribution in [1.82, 2.24) is 4.57 Å². The Bertz CT molecular complexity index is 1250. The molecule has 0 saturated heterocycles. The molecule has 4 aromatic rings. The molecule has 1 amide bonds. The van der Waals surface area contributed by atoms with E-state index in [2.05, 4.69) is 11.4 Å². The molecule has 2 aromatic heterocycles. The third-order valence-electron chi connectivity index (χ3n) is 5.02. The molecular formula is C25H21N3O3. The summed E-state index contributed by atoms with van der Waals surface area (Å²) >= 11 is 0. The van der Waals surface area contributed by atoms with Crippen LogP contribution in [0.2, 0.25) is 0 Å². The zero-order valence-corrected chi connectivity index (χ0v) is 17.3. The molecule has 0 aliphatic rings. The number of nitriles is 1. The van der Waals surface area contributed by atoms with E-state index in [0.717, 1.165) is 16.9 Å². The van der Waals surface area contributed by atoms with Crippen molar-refractivity contribution in [3.05, 3.63) is 101 Å². The lowest BCUT2D eigenvalue weighted by atomic mass is 10.0. The average molecular weight is 411 g/mol. The summed E-state index contributed by atoms with van der Waals surface area (Å²) in [5.41, 5.74) is 3.13. The lowest BCUT2D eigenvalue weighted by Gasteiger charge is -2.12. The van der Waals surface area contributed by atoms with Crippen LogP contribution in [0.1, 0.15) is 32.8 Å². The number of carbonyl (C=O) groups is 1. The predicted molar refractivity (Wildman–Crippen MR) is 118 cm³/mol. The van der Waals surface area contributed by atoms with Gasteiger partial charge in [-0.25, -0.2) is 0 Å². The van der Waals surface area contributed by atoms with Gasteiger partial charge in [0.05, 0.1) is 7.11 Å². The number of hydrogen-bond donors (Lipinski definition) is 1. The molecule has 0 radical (unpaired) electrons. The molecule has 0 atom stereocenters. The Morgan fingerprint density at radius 3 is 2.55 bits per heavy atom. The Morgan fingerprint density at radius 2 is 1.87 bits per heavy atom. The molecule has 0 spiro atoms. The highest BCUT2D eigenvalue weighted by atomic mass is 16.5. The van der Waals surface area contributed by atoms with Gasteiger partial charge in [-0.3, -0.25) is 9.36 Å². The molecule has 1 N–H and O–H groups in total. The largest absolute Gasteiger partial charge is 0.496 e. The Labute approximate surface area is 180 Å². The van der Waals surface area contributed by atoms with Crippen molar-refractivity contribution < 1.29 is 13.9 Å². The molecule has 2 aromatic carbocycles. The van der Waals surface area contributed by atoms with Gasteiger partial charge in [-0.05, 0) is 42.8 Å². The van der Waals surface area contributed by atoms with E-state index in [1.807, 2.05) is 54.6 Å². The molecule has 0 aliphatic heterocycles. The van der Waals surface area contributed by atoms with E-state index in [1.54, 1.807) is 37.1 Å². The number of methoxy groups -OCH3 is 1. The highest BCUT2D eigenvalue weighted by molar-refractivity contribution is 6.07. The Kier molecular flexibility index (Phi) is 5.59. The van der Waals surface area contributed by atoms with Gasteiger partial charge < -0.3 is 14.5 Å². The van der Waals surface area contributed by atoms with Crippen LogP contribution in [0.5, 0.6) is 5.75 Å². The summed E-state index contributed by atoms with van der Waals surface area (Å²) in [4.78, 5) is 13.1. The molecule has 31 heavy (non-hydrogen) atoms. The molecule has 0 unspecified atom stereocenters. The number of furan rings is 1. The number of nitrogens with one attached hydrogen (secondary N) is 1. The second-order valence-electron chi connectivity index (χ2n) is 7.06. The number of amides is 1. The van der Waals surface area contributed by atoms with Crippen molar-refractivity contribution >= 4 is 11.6 Å². The summed E-state index contributed by atoms with van der Waals surface area (Å²) in [5, 5.41) is 12.6. The standard InChI is InChI=1S/C25H21N3O3/c1-17-23(21(16-26)25(31-17)28-12-6-7-13-28)24(29)27-20-10-11-22(30-2)19(15-20)14-18-8-4-3-5-9-18/h3-13,15H,14H2,1-2H3,(H,27,29). The molecule has 6 heteroatoms. The molecule has 4 rings (SSSR count). The van der Waals surface area contributed by atoms with E-state index in [0.29, 0.717) is 23.8 Å². The molecule has 154 valence electrons. The molecule has 2 heterocycles. The first-order valence-corrected chi connectivity index (χ1v) is 9.79. The first-order chi connectivity index (χ1) is 15.1. The van der Waals surface area contributed by atoms with Gasteiger partial charge in [-0.2, -0.15) is 5.26 Å². The highest BCUT2D eigenvalue weighted by Gasteiger charge is 2.24. The van der Waals surface area contributed by atoms with Crippen molar-refractivity contribution in [2.75, 3.05) is 12.4 Å². The maximum Gasteiger partial charge on any atom is 0.260 e. The fourth-order valence-electron chi connectivity index (χ4n) is 3.56. The number of aromatic nitrogens is 1. The number of anilines is 1. The van der Waals surface area contributed by atoms with Crippen LogP contribution in [-0.2, 0) is 6.42 Å². The van der Waals surface area contributed by atoms with Gasteiger partial charge in [0.1, 0.15) is 28.7 Å². The topological polar surface area (TPSA) is 80.2 Å². The smallest absolute Gasteiger partial charge is 0.260 e. The van der Waals surface area contributed by atoms with Crippen LogP contribution in [0.15, 0.2) is 77.5 Å². The predicted octanol–water partition coefficient (Wildman–Crippen LogP) is 5.10. The fourth-order valence-corrected chi connectivity index (χ4v) is 3.56. The minimum absolute atomic E-state index is 0.198. The summed E-state index contributed by atoms with van der Waals surface area (Å²) in [5.74, 6) is 1.06. The first-order valence-electron chi connectivity index (χ1n) is 9.79. The van der Waals surface area contributed by atoms with E-state index in [9.17, 15) is 10.1 Å². The number of aryl methyl sites for hydroxylation is 1. The van der Waals surface area contributed by atoms with E-state index >= 15 is 0 Å². The van der Waals surface area contributed by atoms with Crippen molar-refractivity contribution in [2.24, 2.45) is 0 Å². The third-order valence-corrected chi connectivity index (χ3v) is 5.02. The minimum Gasteiger partial charge on any atom is -0.496 e. The van der Waals surface area contributed by atoms with Gasteiger partial charge in [-0.1, -0.05) is 30.3 Å². The van der Waals surface area contributed by atoms with Crippen molar-refractivity contribution in [1.29, 1.82) is 5.26 Å². The normalized spacial score (nSPS) is 10.5. The van der Waals surface area contributed by atoms with Crippen LogP contribution in [0.25, 0.3) is 5.88 Å². The number of benzene rings is 2. The lowest BCUT2D eigenvalue weighted by Crippen LogP contribution is -2.14. The van der Waals surface area contributed by atoms with E-state index in [-0.39, 0.29) is 11.1 Å². The average Bonchev–Trinajstić information content (AvgIpc) is 3.42. The highest BCUT2D eigenvalue weighted by Crippen LogP contribution is 2.28. The summed E-state index contributed by atoms with van der Waals surface area (Å²) < 4.78 is 12.9. The van der Waals surface area contributed by atoms with Crippen LogP contribution >= 0.6 is 0 Å². The lowest BCUT2D eigenvalue weighted by molar-refractivity contribution is 0.102. The number of nitrogens with zero attached hydrogens (tertiary/aromatic N) is 2. The summed E-state index contributed by atoms with van der Waals surface area (Å²) in [6, 6.07) is 21.3. The first kappa shape index (κ1) is 20.0. The van der Waals surface area contributed by atoms with Gasteiger partial charge in [0.2, 0.25) is 5.88 Å². The summed E-state index contributed by atoms with van der Waals surface area (Å²) in [6.07, 6.45) is 4.19. The summed E-state index contributed by atoms with van der Waals surface area (Å²) in [6.45, 7) is 1.68. The van der Waals surface area contributed by atoms with E-state index in [1.165, 1.54) is 0 Å². The van der Waals surface area contributed by atoms with E-state index < -0.39 is 5.91 Å². The van der Waals surface area contributed by atoms with Crippen LogP contribution in [-0.4, -0.2) is 17.6 Å². The number of ether oxygens (including phenoxy) is 1. The second kappa shape index (κ2) is 8.64. The zero-order valence-electron chi connectivity index (χ0n) is 17.3. The monoisotopic (exact) mass is 411 g/mol. The zero-order chi connectivity index (χ0) is 21.8. The fraction of sp³-hybridized carbons (Fsp3) is 0.120. The Balaban J connectivity index is 1.64. The molecule has 0 bridgehead atoms. The maximum atomic E-state index is 13.1. The minimum atomic E-state index is -0.396.